The summed E-state index contributed by atoms with van der Waals surface area (Å²) in [5.41, 5.74) is 1.56. The van der Waals surface area contributed by atoms with Crippen LogP contribution in [0.2, 0.25) is 0 Å². The van der Waals surface area contributed by atoms with Gasteiger partial charge < -0.3 is 10.1 Å². The molecule has 1 N–H and O–H groups in total. The summed E-state index contributed by atoms with van der Waals surface area (Å²) in [6.07, 6.45) is -4.74. The highest BCUT2D eigenvalue weighted by molar-refractivity contribution is 5.98. The third-order valence-corrected chi connectivity index (χ3v) is 3.69. The smallest absolute Gasteiger partial charge is 0.406 e. The van der Waals surface area contributed by atoms with Crippen molar-refractivity contribution in [2.45, 2.75) is 32.5 Å². The normalized spacial score (nSPS) is 11.9. The highest BCUT2D eigenvalue weighted by atomic mass is 19.4. The molecule has 6 heteroatoms. The molecule has 0 heterocycles. The van der Waals surface area contributed by atoms with Crippen LogP contribution < -0.4 is 10.1 Å². The third-order valence-electron chi connectivity index (χ3n) is 3.69. The molecule has 0 aliphatic rings. The van der Waals surface area contributed by atoms with Crippen molar-refractivity contribution < 1.29 is 22.7 Å². The fraction of sp³-hybridized carbons (Fsp3) is 0.278. The Morgan fingerprint density at radius 3 is 2.00 bits per heavy atom. The highest BCUT2D eigenvalue weighted by Gasteiger charge is 2.31. The Balaban J connectivity index is 2.09. The summed E-state index contributed by atoms with van der Waals surface area (Å²) in [4.78, 5) is 12.5. The lowest BCUT2D eigenvalue weighted by molar-refractivity contribution is -0.274. The zero-order valence-electron chi connectivity index (χ0n) is 13.6. The second kappa shape index (κ2) is 6.55. The zero-order chi connectivity index (χ0) is 18.0. The predicted octanol–water partition coefficient (Wildman–Crippen LogP) is 4.81. The summed E-state index contributed by atoms with van der Waals surface area (Å²) < 4.78 is 40.2. The van der Waals surface area contributed by atoms with Gasteiger partial charge in [0.2, 0.25) is 5.91 Å². The van der Waals surface area contributed by atoms with Gasteiger partial charge in [-0.1, -0.05) is 29.8 Å². The molecule has 0 fully saturated rings. The maximum atomic E-state index is 12.5. The minimum absolute atomic E-state index is 0.254. The molecule has 0 unspecified atom stereocenters. The summed E-state index contributed by atoms with van der Waals surface area (Å²) >= 11 is 0. The van der Waals surface area contributed by atoms with Gasteiger partial charge in [0.15, 0.2) is 0 Å². The Kier molecular flexibility index (Phi) is 4.87. The van der Waals surface area contributed by atoms with Crippen LogP contribution in [0.4, 0.5) is 18.9 Å². The Hall–Kier alpha value is -2.50. The van der Waals surface area contributed by atoms with Crippen molar-refractivity contribution in [3.63, 3.8) is 0 Å². The molecule has 2 aromatic rings. The number of hydrogen-bond acceptors (Lipinski definition) is 2. The van der Waals surface area contributed by atoms with Crippen LogP contribution >= 0.6 is 0 Å². The molecule has 0 saturated heterocycles. The van der Waals surface area contributed by atoms with E-state index in [4.69, 9.17) is 0 Å². The van der Waals surface area contributed by atoms with Gasteiger partial charge in [-0.3, -0.25) is 4.79 Å². The quantitative estimate of drug-likeness (QED) is 0.869. The highest BCUT2D eigenvalue weighted by Crippen LogP contribution is 2.27. The van der Waals surface area contributed by atoms with Gasteiger partial charge in [0, 0.05) is 5.69 Å². The number of rotatable bonds is 4. The number of carbonyl (C=O) groups excluding carboxylic acids is 1. The molecule has 0 radical (unpaired) electrons. The minimum atomic E-state index is -4.74. The van der Waals surface area contributed by atoms with E-state index >= 15 is 0 Å². The molecular weight excluding hydrogens is 319 g/mol. The van der Waals surface area contributed by atoms with Crippen molar-refractivity contribution in [1.29, 1.82) is 0 Å². The van der Waals surface area contributed by atoms with Crippen molar-refractivity contribution in [2.24, 2.45) is 0 Å². The lowest BCUT2D eigenvalue weighted by Crippen LogP contribution is -2.34. The molecule has 128 valence electrons. The Bertz CT molecular complexity index is 705. The Morgan fingerprint density at radius 2 is 1.50 bits per heavy atom. The summed E-state index contributed by atoms with van der Waals surface area (Å²) in [5.74, 6) is -0.589. The van der Waals surface area contributed by atoms with E-state index in [9.17, 15) is 18.0 Å². The van der Waals surface area contributed by atoms with Crippen LogP contribution in [0.15, 0.2) is 48.5 Å². The minimum Gasteiger partial charge on any atom is -0.406 e. The van der Waals surface area contributed by atoms with Crippen molar-refractivity contribution in [3.8, 4) is 5.75 Å². The molecule has 2 rings (SSSR count). The molecule has 24 heavy (non-hydrogen) atoms. The number of halogens is 3. The first-order chi connectivity index (χ1) is 11.1. The summed E-state index contributed by atoms with van der Waals surface area (Å²) in [6, 6.07) is 12.7. The molecule has 0 bridgehead atoms. The maximum absolute atomic E-state index is 12.5. The van der Waals surface area contributed by atoms with Crippen molar-refractivity contribution in [1.82, 2.24) is 0 Å². The number of nitrogens with one attached hydrogen (secondary N) is 1. The molecule has 0 aromatic heterocycles. The van der Waals surface area contributed by atoms with Gasteiger partial charge in [-0.2, -0.15) is 0 Å². The average Bonchev–Trinajstić information content (AvgIpc) is 2.48. The first-order valence-corrected chi connectivity index (χ1v) is 7.32. The van der Waals surface area contributed by atoms with Crippen LogP contribution in [0.5, 0.6) is 5.75 Å². The van der Waals surface area contributed by atoms with E-state index in [1.165, 1.54) is 12.1 Å². The molecule has 2 aromatic carbocycles. The predicted molar refractivity (Wildman–Crippen MR) is 86.0 cm³/mol. The van der Waals surface area contributed by atoms with E-state index in [0.717, 1.165) is 23.3 Å². The van der Waals surface area contributed by atoms with E-state index in [2.05, 4.69) is 10.1 Å². The van der Waals surface area contributed by atoms with Crippen LogP contribution in [0, 0.1) is 6.92 Å². The number of carbonyl (C=O) groups is 1. The third kappa shape index (κ3) is 4.50. The second-order valence-electron chi connectivity index (χ2n) is 6.02. The van der Waals surface area contributed by atoms with E-state index in [-0.39, 0.29) is 11.7 Å². The van der Waals surface area contributed by atoms with Crippen LogP contribution in [0.1, 0.15) is 25.0 Å². The van der Waals surface area contributed by atoms with Gasteiger partial charge >= 0.3 is 6.36 Å². The van der Waals surface area contributed by atoms with Gasteiger partial charge in [0.05, 0.1) is 5.41 Å². The van der Waals surface area contributed by atoms with Crippen LogP contribution in [-0.2, 0) is 10.2 Å². The van der Waals surface area contributed by atoms with E-state index in [1.54, 1.807) is 13.8 Å². The Morgan fingerprint density at radius 1 is 0.958 bits per heavy atom. The largest absolute Gasteiger partial charge is 0.573 e. The first kappa shape index (κ1) is 17.8. The zero-order valence-corrected chi connectivity index (χ0v) is 13.6. The number of hydrogen-bond donors (Lipinski definition) is 1. The van der Waals surface area contributed by atoms with E-state index in [0.29, 0.717) is 5.69 Å². The van der Waals surface area contributed by atoms with Crippen molar-refractivity contribution in [2.75, 3.05) is 5.32 Å². The van der Waals surface area contributed by atoms with Gasteiger partial charge in [-0.15, -0.1) is 13.2 Å². The number of alkyl halides is 3. The number of aryl methyl sites for hydroxylation is 1. The maximum Gasteiger partial charge on any atom is 0.573 e. The van der Waals surface area contributed by atoms with Crippen molar-refractivity contribution >= 4 is 11.6 Å². The molecule has 1 amide bonds. The van der Waals surface area contributed by atoms with Gasteiger partial charge in [-0.25, -0.2) is 0 Å². The van der Waals surface area contributed by atoms with Gasteiger partial charge in [0.25, 0.3) is 0 Å². The average molecular weight is 337 g/mol. The summed E-state index contributed by atoms with van der Waals surface area (Å²) in [5, 5.41) is 2.71. The van der Waals surface area contributed by atoms with E-state index < -0.39 is 11.8 Å². The Labute approximate surface area is 138 Å². The standard InChI is InChI=1S/C18H18F3NO2/c1-12-4-6-13(7-5-12)17(2,3)16(23)22-14-8-10-15(11-9-14)24-18(19,20)21/h4-11H,1-3H3,(H,22,23). The monoisotopic (exact) mass is 337 g/mol. The molecular formula is C18H18F3NO2. The summed E-state index contributed by atoms with van der Waals surface area (Å²) in [6.45, 7) is 5.53. The van der Waals surface area contributed by atoms with Crippen LogP contribution in [0.3, 0.4) is 0 Å². The molecule has 3 nitrogen and oxygen atoms in total. The first-order valence-electron chi connectivity index (χ1n) is 7.32. The van der Waals surface area contributed by atoms with Gasteiger partial charge in [-0.05, 0) is 50.6 Å². The number of anilines is 1. The molecule has 0 atom stereocenters. The van der Waals surface area contributed by atoms with Crippen LogP contribution in [-0.4, -0.2) is 12.3 Å². The second-order valence-corrected chi connectivity index (χ2v) is 6.02. The van der Waals surface area contributed by atoms with E-state index in [1.807, 2.05) is 31.2 Å². The van der Waals surface area contributed by atoms with Crippen LogP contribution in [0.25, 0.3) is 0 Å². The molecule has 0 aliphatic carbocycles. The molecule has 0 saturated carbocycles. The SMILES string of the molecule is Cc1ccc(C(C)(C)C(=O)Nc2ccc(OC(F)(F)F)cc2)cc1. The molecule has 0 aliphatic heterocycles. The van der Waals surface area contributed by atoms with Crippen molar-refractivity contribution in [3.05, 3.63) is 59.7 Å². The topological polar surface area (TPSA) is 38.3 Å². The molecule has 0 spiro atoms. The number of benzene rings is 2. The van der Waals surface area contributed by atoms with Gasteiger partial charge in [0.1, 0.15) is 5.75 Å². The lowest BCUT2D eigenvalue weighted by Gasteiger charge is -2.24. The lowest BCUT2D eigenvalue weighted by atomic mass is 9.83. The fourth-order valence-electron chi connectivity index (χ4n) is 2.13. The fourth-order valence-corrected chi connectivity index (χ4v) is 2.13. The number of amides is 1. The number of ether oxygens (including phenoxy) is 1. The summed E-state index contributed by atoms with van der Waals surface area (Å²) in [7, 11) is 0.